The molecule has 1 aromatic heterocycles. The smallest absolute Gasteiger partial charge is 0.220 e. The summed E-state index contributed by atoms with van der Waals surface area (Å²) < 4.78 is 1.39. The van der Waals surface area contributed by atoms with Crippen LogP contribution in [0.2, 0.25) is 8.67 Å². The molecule has 0 fully saturated rings. The summed E-state index contributed by atoms with van der Waals surface area (Å²) in [7, 11) is 0. The fraction of sp³-hybridized carbons (Fsp3) is 0.615. The van der Waals surface area contributed by atoms with E-state index in [4.69, 9.17) is 28.3 Å². The summed E-state index contributed by atoms with van der Waals surface area (Å²) in [5, 5.41) is 11.6. The Labute approximate surface area is 127 Å². The first-order valence-electron chi connectivity index (χ1n) is 6.37. The van der Waals surface area contributed by atoms with Crippen LogP contribution in [0, 0.1) is 0 Å². The molecule has 0 saturated heterocycles. The Kier molecular flexibility index (Phi) is 7.76. The van der Waals surface area contributed by atoms with E-state index in [-0.39, 0.29) is 18.6 Å². The highest BCUT2D eigenvalue weighted by molar-refractivity contribution is 7.20. The predicted molar refractivity (Wildman–Crippen MR) is 81.2 cm³/mol. The Morgan fingerprint density at radius 2 is 2.21 bits per heavy atom. The third-order valence-corrected chi connectivity index (χ3v) is 4.35. The van der Waals surface area contributed by atoms with Crippen molar-refractivity contribution < 1.29 is 9.90 Å². The number of rotatable bonds is 8. The minimum absolute atomic E-state index is 0.0443. The second-order valence-electron chi connectivity index (χ2n) is 4.54. The number of hydrogen-bond acceptors (Lipinski definition) is 3. The van der Waals surface area contributed by atoms with Gasteiger partial charge in [0.15, 0.2) is 0 Å². The lowest BCUT2D eigenvalue weighted by Gasteiger charge is -2.12. The van der Waals surface area contributed by atoms with Gasteiger partial charge in [-0.25, -0.2) is 0 Å². The largest absolute Gasteiger partial charge is 0.396 e. The predicted octanol–water partition coefficient (Wildman–Crippen LogP) is 3.65. The SMILES string of the molecule is CC(CCCO)NC(=O)CCCc1cc(Cl)sc1Cl. The number of thiophene rings is 1. The minimum atomic E-state index is 0.0443. The van der Waals surface area contributed by atoms with Crippen LogP contribution in [0.3, 0.4) is 0 Å². The Hall–Kier alpha value is -0.290. The number of nitrogens with one attached hydrogen (secondary N) is 1. The van der Waals surface area contributed by atoms with Crippen LogP contribution in [0.15, 0.2) is 6.07 Å². The number of hydrogen-bond donors (Lipinski definition) is 2. The molecule has 1 atom stereocenters. The van der Waals surface area contributed by atoms with Crippen LogP contribution in [0.4, 0.5) is 0 Å². The van der Waals surface area contributed by atoms with Crippen molar-refractivity contribution >= 4 is 40.4 Å². The van der Waals surface area contributed by atoms with Crippen molar-refractivity contribution in [1.82, 2.24) is 5.32 Å². The molecule has 0 bridgehead atoms. The van der Waals surface area contributed by atoms with E-state index in [1.54, 1.807) is 0 Å². The molecular formula is C13H19Cl2NO2S. The number of halogens is 2. The van der Waals surface area contributed by atoms with E-state index in [1.807, 2.05) is 13.0 Å². The first kappa shape index (κ1) is 16.8. The lowest BCUT2D eigenvalue weighted by molar-refractivity contribution is -0.121. The lowest BCUT2D eigenvalue weighted by Crippen LogP contribution is -2.32. The zero-order valence-corrected chi connectivity index (χ0v) is 13.2. The summed E-state index contributed by atoms with van der Waals surface area (Å²) in [6, 6.07) is 1.97. The molecule has 0 aromatic carbocycles. The standard InChI is InChI=1S/C13H19Cl2NO2S/c1-9(4-3-7-17)16-12(18)6-2-5-10-8-11(14)19-13(10)15/h8-9,17H,2-7H2,1H3,(H,16,18). The molecule has 2 N–H and O–H groups in total. The second-order valence-corrected chi connectivity index (χ2v) is 6.82. The molecule has 3 nitrogen and oxygen atoms in total. The highest BCUT2D eigenvalue weighted by Crippen LogP contribution is 2.31. The lowest BCUT2D eigenvalue weighted by atomic mass is 10.1. The van der Waals surface area contributed by atoms with Crippen molar-refractivity contribution in [3.63, 3.8) is 0 Å². The van der Waals surface area contributed by atoms with Crippen LogP contribution in [0.1, 0.15) is 38.2 Å². The van der Waals surface area contributed by atoms with Gasteiger partial charge < -0.3 is 10.4 Å². The number of amides is 1. The van der Waals surface area contributed by atoms with E-state index < -0.39 is 0 Å². The number of aryl methyl sites for hydroxylation is 1. The van der Waals surface area contributed by atoms with Gasteiger partial charge in [0.05, 0.1) is 8.67 Å². The van der Waals surface area contributed by atoms with Crippen molar-refractivity contribution in [1.29, 1.82) is 0 Å². The topological polar surface area (TPSA) is 49.3 Å². The summed E-state index contributed by atoms with van der Waals surface area (Å²) in [5.74, 6) is 0.0443. The van der Waals surface area contributed by atoms with Gasteiger partial charge in [0.2, 0.25) is 5.91 Å². The normalized spacial score (nSPS) is 12.4. The summed E-state index contributed by atoms with van der Waals surface area (Å²) in [5.41, 5.74) is 1.01. The molecule has 0 saturated carbocycles. The first-order valence-corrected chi connectivity index (χ1v) is 7.94. The number of aliphatic hydroxyl groups excluding tert-OH is 1. The molecule has 0 radical (unpaired) electrons. The van der Waals surface area contributed by atoms with Crippen molar-refractivity contribution in [2.75, 3.05) is 6.61 Å². The van der Waals surface area contributed by atoms with Crippen LogP contribution in [-0.2, 0) is 11.2 Å². The maximum absolute atomic E-state index is 11.7. The molecule has 0 aliphatic rings. The molecule has 108 valence electrons. The van der Waals surface area contributed by atoms with Crippen molar-refractivity contribution in [3.05, 3.63) is 20.3 Å². The van der Waals surface area contributed by atoms with Crippen LogP contribution >= 0.6 is 34.5 Å². The first-order chi connectivity index (χ1) is 9.02. The van der Waals surface area contributed by atoms with E-state index in [0.717, 1.165) is 24.8 Å². The van der Waals surface area contributed by atoms with Crippen LogP contribution in [0.5, 0.6) is 0 Å². The zero-order chi connectivity index (χ0) is 14.3. The maximum Gasteiger partial charge on any atom is 0.220 e. The van der Waals surface area contributed by atoms with Crippen LogP contribution in [-0.4, -0.2) is 23.7 Å². The van der Waals surface area contributed by atoms with Gasteiger partial charge in [-0.3, -0.25) is 4.79 Å². The fourth-order valence-electron chi connectivity index (χ4n) is 1.80. The highest BCUT2D eigenvalue weighted by Gasteiger charge is 2.09. The summed E-state index contributed by atoms with van der Waals surface area (Å²) >= 11 is 13.2. The van der Waals surface area contributed by atoms with Gasteiger partial charge >= 0.3 is 0 Å². The van der Waals surface area contributed by atoms with Crippen LogP contribution in [0.25, 0.3) is 0 Å². The molecule has 1 aromatic rings. The van der Waals surface area contributed by atoms with Gasteiger partial charge in [0.25, 0.3) is 0 Å². The Morgan fingerprint density at radius 3 is 2.79 bits per heavy atom. The summed E-state index contributed by atoms with van der Waals surface area (Å²) in [4.78, 5) is 11.7. The molecule has 1 rings (SSSR count). The van der Waals surface area contributed by atoms with E-state index in [9.17, 15) is 4.79 Å². The van der Waals surface area contributed by atoms with E-state index in [2.05, 4.69) is 5.32 Å². The van der Waals surface area contributed by atoms with E-state index >= 15 is 0 Å². The number of aliphatic hydroxyl groups is 1. The monoisotopic (exact) mass is 323 g/mol. The molecule has 0 aliphatic carbocycles. The van der Waals surface area contributed by atoms with E-state index in [1.165, 1.54) is 11.3 Å². The summed E-state index contributed by atoms with van der Waals surface area (Å²) in [6.45, 7) is 2.11. The van der Waals surface area contributed by atoms with Gasteiger partial charge in [-0.2, -0.15) is 0 Å². The highest BCUT2D eigenvalue weighted by atomic mass is 35.5. The molecule has 0 aliphatic heterocycles. The Bertz CT molecular complexity index is 409. The molecular weight excluding hydrogens is 305 g/mol. The maximum atomic E-state index is 11.7. The molecule has 1 amide bonds. The fourth-order valence-corrected chi connectivity index (χ4v) is 3.35. The van der Waals surface area contributed by atoms with E-state index in [0.29, 0.717) is 21.5 Å². The van der Waals surface area contributed by atoms with Gasteiger partial charge in [-0.15, -0.1) is 11.3 Å². The third kappa shape index (κ3) is 6.61. The second kappa shape index (κ2) is 8.80. The summed E-state index contributed by atoms with van der Waals surface area (Å²) in [6.07, 6.45) is 3.51. The van der Waals surface area contributed by atoms with Gasteiger partial charge in [0.1, 0.15) is 0 Å². The molecule has 0 spiro atoms. The average Bonchev–Trinajstić information content (AvgIpc) is 2.65. The molecule has 1 heterocycles. The van der Waals surface area contributed by atoms with Crippen molar-refractivity contribution in [3.8, 4) is 0 Å². The van der Waals surface area contributed by atoms with Crippen LogP contribution < -0.4 is 5.32 Å². The average molecular weight is 324 g/mol. The van der Waals surface area contributed by atoms with Gasteiger partial charge in [0, 0.05) is 19.1 Å². The number of carbonyl (C=O) groups is 1. The molecule has 1 unspecified atom stereocenters. The Balaban J connectivity index is 2.22. The Morgan fingerprint density at radius 1 is 1.47 bits per heavy atom. The van der Waals surface area contributed by atoms with Gasteiger partial charge in [-0.05, 0) is 44.2 Å². The quantitative estimate of drug-likeness (QED) is 0.767. The number of carbonyl (C=O) groups excluding carboxylic acids is 1. The van der Waals surface area contributed by atoms with Gasteiger partial charge in [-0.1, -0.05) is 23.2 Å². The third-order valence-electron chi connectivity index (χ3n) is 2.78. The minimum Gasteiger partial charge on any atom is -0.396 e. The molecule has 6 heteroatoms. The molecule has 19 heavy (non-hydrogen) atoms. The van der Waals surface area contributed by atoms with Crippen molar-refractivity contribution in [2.24, 2.45) is 0 Å². The van der Waals surface area contributed by atoms with Crippen molar-refractivity contribution in [2.45, 2.75) is 45.1 Å². The zero-order valence-electron chi connectivity index (χ0n) is 10.9.